The standard InChI is InChI=1S/C41H56O14/c1-6-7-8-9-10-17-22-47-40-38(35(49-24-32-20-15-12-16-21-32)33(53-40)25-46-23-31-18-13-11-14-19-31)55-41-39(52-30(5)45)37(51-29(4)44)36(50-28(3)43)34(54-41)26-48-27(2)42/h11-16,18-21,33-41H,6-10,17,22-26H2,1-5H3/t33-,34-,35-,36-,37+,38+,39+,40+,41-/m1/s1. The maximum Gasteiger partial charge on any atom is 0.303 e. The van der Waals surface area contributed by atoms with E-state index in [1.807, 2.05) is 60.7 Å². The number of benzene rings is 2. The average molecular weight is 773 g/mol. The number of carbonyl (C=O) groups excluding carboxylic acids is 4. The average Bonchev–Trinajstić information content (AvgIpc) is 3.47. The van der Waals surface area contributed by atoms with Gasteiger partial charge < -0.3 is 47.4 Å². The lowest BCUT2D eigenvalue weighted by Crippen LogP contribution is -2.64. The van der Waals surface area contributed by atoms with Crippen molar-refractivity contribution in [2.45, 2.75) is 142 Å². The first kappa shape index (κ1) is 43.8. The quantitative estimate of drug-likeness (QED) is 0.0855. The summed E-state index contributed by atoms with van der Waals surface area (Å²) in [7, 11) is 0. The third-order valence-corrected chi connectivity index (χ3v) is 8.97. The molecule has 0 unspecified atom stereocenters. The number of ether oxygens (including phenoxy) is 10. The fraction of sp³-hybridized carbons (Fsp3) is 0.610. The second-order valence-corrected chi connectivity index (χ2v) is 13.6. The number of unbranched alkanes of at least 4 members (excludes halogenated alkanes) is 5. The molecule has 2 aliphatic heterocycles. The van der Waals surface area contributed by atoms with Crippen molar-refractivity contribution in [2.75, 3.05) is 19.8 Å². The van der Waals surface area contributed by atoms with Crippen LogP contribution < -0.4 is 0 Å². The van der Waals surface area contributed by atoms with Crippen LogP contribution in [0.25, 0.3) is 0 Å². The smallest absolute Gasteiger partial charge is 0.303 e. The van der Waals surface area contributed by atoms with Crippen molar-refractivity contribution in [1.82, 2.24) is 0 Å². The number of rotatable bonds is 22. The molecular formula is C41H56O14. The Bertz CT molecular complexity index is 1460. The first-order valence-corrected chi connectivity index (χ1v) is 19.1. The van der Waals surface area contributed by atoms with Crippen LogP contribution in [-0.2, 0) is 79.8 Å². The van der Waals surface area contributed by atoms with Crippen molar-refractivity contribution < 1.29 is 66.5 Å². The molecule has 0 aromatic heterocycles. The third kappa shape index (κ3) is 14.6. The van der Waals surface area contributed by atoms with Crippen LogP contribution >= 0.6 is 0 Å². The van der Waals surface area contributed by atoms with Gasteiger partial charge in [0.05, 0.1) is 19.8 Å². The largest absolute Gasteiger partial charge is 0.463 e. The Balaban J connectivity index is 1.67. The lowest BCUT2D eigenvalue weighted by molar-refractivity contribution is -0.331. The summed E-state index contributed by atoms with van der Waals surface area (Å²) in [6, 6.07) is 19.3. The van der Waals surface area contributed by atoms with Crippen LogP contribution in [0.5, 0.6) is 0 Å². The molecule has 9 atom stereocenters. The molecule has 2 fully saturated rings. The van der Waals surface area contributed by atoms with Crippen molar-refractivity contribution in [1.29, 1.82) is 0 Å². The summed E-state index contributed by atoms with van der Waals surface area (Å²) in [4.78, 5) is 49.2. The molecule has 0 aliphatic carbocycles. The number of carbonyl (C=O) groups is 4. The Hall–Kier alpha value is -3.92. The lowest BCUT2D eigenvalue weighted by atomic mass is 9.98. The molecule has 2 aromatic carbocycles. The Labute approximate surface area is 323 Å². The van der Waals surface area contributed by atoms with E-state index in [1.165, 1.54) is 20.3 Å². The number of esters is 4. The second-order valence-electron chi connectivity index (χ2n) is 13.6. The van der Waals surface area contributed by atoms with Crippen molar-refractivity contribution in [2.24, 2.45) is 0 Å². The van der Waals surface area contributed by atoms with E-state index < -0.39 is 85.8 Å². The molecule has 55 heavy (non-hydrogen) atoms. The van der Waals surface area contributed by atoms with Gasteiger partial charge in [-0.25, -0.2) is 0 Å². The highest BCUT2D eigenvalue weighted by Crippen LogP contribution is 2.35. The summed E-state index contributed by atoms with van der Waals surface area (Å²) >= 11 is 0. The van der Waals surface area contributed by atoms with Crippen LogP contribution in [-0.4, -0.2) is 99.0 Å². The maximum atomic E-state index is 12.6. The van der Waals surface area contributed by atoms with Gasteiger partial charge in [-0.1, -0.05) is 99.7 Å². The Morgan fingerprint density at radius 1 is 0.545 bits per heavy atom. The molecule has 2 saturated heterocycles. The summed E-state index contributed by atoms with van der Waals surface area (Å²) in [5, 5.41) is 0. The molecule has 0 radical (unpaired) electrons. The van der Waals surface area contributed by atoms with Gasteiger partial charge in [0.2, 0.25) is 0 Å². The molecular weight excluding hydrogens is 716 g/mol. The highest BCUT2D eigenvalue weighted by Gasteiger charge is 2.56. The summed E-state index contributed by atoms with van der Waals surface area (Å²) in [6.07, 6.45) is -4.08. The predicted octanol–water partition coefficient (Wildman–Crippen LogP) is 5.36. The van der Waals surface area contributed by atoms with E-state index in [-0.39, 0.29) is 13.2 Å². The molecule has 2 aromatic rings. The highest BCUT2D eigenvalue weighted by molar-refractivity contribution is 5.68. The predicted molar refractivity (Wildman–Crippen MR) is 196 cm³/mol. The summed E-state index contributed by atoms with van der Waals surface area (Å²) in [6.45, 7) is 7.45. The van der Waals surface area contributed by atoms with Crippen LogP contribution in [0.2, 0.25) is 0 Å². The molecule has 0 spiro atoms. The monoisotopic (exact) mass is 772 g/mol. The molecule has 0 saturated carbocycles. The first-order valence-electron chi connectivity index (χ1n) is 19.1. The molecule has 14 heteroatoms. The van der Waals surface area contributed by atoms with Gasteiger partial charge in [0.15, 0.2) is 30.9 Å². The zero-order valence-electron chi connectivity index (χ0n) is 32.5. The molecule has 2 aliphatic rings. The molecule has 14 nitrogen and oxygen atoms in total. The minimum atomic E-state index is -1.47. The van der Waals surface area contributed by atoms with Gasteiger partial charge in [-0.15, -0.1) is 0 Å². The van der Waals surface area contributed by atoms with E-state index in [2.05, 4.69) is 6.92 Å². The van der Waals surface area contributed by atoms with Crippen LogP contribution in [0.4, 0.5) is 0 Å². The van der Waals surface area contributed by atoms with E-state index in [0.29, 0.717) is 13.2 Å². The minimum Gasteiger partial charge on any atom is -0.463 e. The molecule has 0 bridgehead atoms. The summed E-state index contributed by atoms with van der Waals surface area (Å²) < 4.78 is 60.7. The first-order chi connectivity index (χ1) is 26.5. The van der Waals surface area contributed by atoms with Crippen LogP contribution in [0.15, 0.2) is 60.7 Å². The van der Waals surface area contributed by atoms with Gasteiger partial charge in [-0.2, -0.15) is 0 Å². The molecule has 4 rings (SSSR count). The topological polar surface area (TPSA) is 161 Å². The SMILES string of the molecule is CCCCCCCCO[C@H]1O[C@H](COCc2ccccc2)[C@@H](OCc2ccccc2)[C@@H]1O[C@H]1O[C@H](COC(C)=O)[C@@H](OC(C)=O)[C@H](OC(C)=O)[C@@H]1OC(C)=O. The van der Waals surface area contributed by atoms with E-state index >= 15 is 0 Å². The van der Waals surface area contributed by atoms with Gasteiger partial charge in [0, 0.05) is 34.3 Å². The summed E-state index contributed by atoms with van der Waals surface area (Å²) in [5.41, 5.74) is 1.87. The molecule has 304 valence electrons. The fourth-order valence-corrected chi connectivity index (χ4v) is 6.47. The number of hydrogen-bond acceptors (Lipinski definition) is 14. The van der Waals surface area contributed by atoms with Crippen molar-refractivity contribution >= 4 is 23.9 Å². The number of hydrogen-bond donors (Lipinski definition) is 0. The molecule has 0 amide bonds. The van der Waals surface area contributed by atoms with Crippen molar-refractivity contribution in [3.8, 4) is 0 Å². The fourth-order valence-electron chi connectivity index (χ4n) is 6.47. The zero-order valence-corrected chi connectivity index (χ0v) is 32.5. The van der Waals surface area contributed by atoms with E-state index in [1.54, 1.807) is 0 Å². The second kappa shape index (κ2) is 23.2. The highest BCUT2D eigenvalue weighted by atomic mass is 16.8. The maximum absolute atomic E-state index is 12.6. The van der Waals surface area contributed by atoms with E-state index in [9.17, 15) is 19.2 Å². The minimum absolute atomic E-state index is 0.115. The lowest BCUT2D eigenvalue weighted by Gasteiger charge is -2.45. The van der Waals surface area contributed by atoms with Gasteiger partial charge >= 0.3 is 23.9 Å². The molecule has 0 N–H and O–H groups in total. The Morgan fingerprint density at radius 3 is 1.71 bits per heavy atom. The van der Waals surface area contributed by atoms with E-state index in [4.69, 9.17) is 47.4 Å². The van der Waals surface area contributed by atoms with E-state index in [0.717, 1.165) is 57.1 Å². The van der Waals surface area contributed by atoms with Crippen molar-refractivity contribution in [3.63, 3.8) is 0 Å². The Morgan fingerprint density at radius 2 is 1.09 bits per heavy atom. The van der Waals surface area contributed by atoms with Crippen molar-refractivity contribution in [3.05, 3.63) is 71.8 Å². The Kier molecular flexibility index (Phi) is 18.5. The van der Waals surface area contributed by atoms with Gasteiger partial charge in [0.1, 0.15) is 31.0 Å². The van der Waals surface area contributed by atoms with Gasteiger partial charge in [-0.3, -0.25) is 19.2 Å². The zero-order chi connectivity index (χ0) is 39.6. The third-order valence-electron chi connectivity index (χ3n) is 8.97. The van der Waals surface area contributed by atoms with Crippen LogP contribution in [0, 0.1) is 0 Å². The van der Waals surface area contributed by atoms with Gasteiger partial charge in [0.25, 0.3) is 0 Å². The normalized spacial score (nSPS) is 26.2. The molecule has 2 heterocycles. The van der Waals surface area contributed by atoms with Crippen LogP contribution in [0.1, 0.15) is 84.3 Å². The van der Waals surface area contributed by atoms with Crippen LogP contribution in [0.3, 0.4) is 0 Å². The summed E-state index contributed by atoms with van der Waals surface area (Å²) in [5.74, 6) is -2.87. The van der Waals surface area contributed by atoms with Gasteiger partial charge in [-0.05, 0) is 17.5 Å².